The molecule has 1 atom stereocenters. The van der Waals surface area contributed by atoms with E-state index in [2.05, 4.69) is 20.1 Å². The summed E-state index contributed by atoms with van der Waals surface area (Å²) in [6.07, 6.45) is -0.337. The molecule has 0 aromatic heterocycles. The number of hydrogen-bond donors (Lipinski definition) is 3. The molecule has 2 aromatic rings. The summed E-state index contributed by atoms with van der Waals surface area (Å²) in [6, 6.07) is 9.98. The molecule has 168 valence electrons. The molecule has 0 aliphatic heterocycles. The Morgan fingerprint density at radius 2 is 1.68 bits per heavy atom. The first-order valence-corrected chi connectivity index (χ1v) is 11.4. The van der Waals surface area contributed by atoms with E-state index in [4.69, 9.17) is 11.6 Å². The number of amides is 2. The first-order valence-electron chi connectivity index (χ1n) is 9.56. The maximum Gasteiger partial charge on any atom is 0.407 e. The van der Waals surface area contributed by atoms with Crippen molar-refractivity contribution in [2.75, 3.05) is 17.1 Å². The van der Waals surface area contributed by atoms with Crippen molar-refractivity contribution in [2.24, 2.45) is 5.92 Å². The van der Waals surface area contributed by atoms with Gasteiger partial charge in [0.1, 0.15) is 6.04 Å². The average molecular weight is 468 g/mol. The summed E-state index contributed by atoms with van der Waals surface area (Å²) in [7, 11) is -2.70. The Hall–Kier alpha value is -2.78. The Kier molecular flexibility index (Phi) is 8.29. The average Bonchev–Trinajstić information content (AvgIpc) is 2.69. The molecule has 0 aliphatic carbocycles. The Labute approximate surface area is 187 Å². The SMILES string of the molecule is COC(=O)NC(CC(C)C)C(=O)Nc1ccc(C)c(S(=O)(=O)Nc2ccc(Cl)cc2)c1. The maximum absolute atomic E-state index is 12.9. The molecule has 0 aliphatic rings. The first-order chi connectivity index (χ1) is 14.5. The summed E-state index contributed by atoms with van der Waals surface area (Å²) >= 11 is 5.84. The standard InChI is InChI=1S/C21H26ClN3O5S/c1-13(2)11-18(24-21(27)30-4)20(26)23-17-8-5-14(3)19(12-17)31(28,29)25-16-9-6-15(22)7-10-16/h5-10,12-13,18,25H,11H2,1-4H3,(H,23,26)(H,24,27). The lowest BCUT2D eigenvalue weighted by Crippen LogP contribution is -2.44. The van der Waals surface area contributed by atoms with Crippen LogP contribution in [0.15, 0.2) is 47.4 Å². The van der Waals surface area contributed by atoms with Crippen LogP contribution in [0.3, 0.4) is 0 Å². The van der Waals surface area contributed by atoms with E-state index in [0.717, 1.165) is 0 Å². The van der Waals surface area contributed by atoms with Gasteiger partial charge < -0.3 is 15.4 Å². The van der Waals surface area contributed by atoms with Gasteiger partial charge in [-0.05, 0) is 61.2 Å². The number of rotatable bonds is 8. The number of nitrogens with one attached hydrogen (secondary N) is 3. The topological polar surface area (TPSA) is 114 Å². The van der Waals surface area contributed by atoms with E-state index in [1.807, 2.05) is 13.8 Å². The molecule has 0 saturated heterocycles. The number of benzene rings is 2. The van der Waals surface area contributed by atoms with Crippen LogP contribution >= 0.6 is 11.6 Å². The number of alkyl carbamates (subject to hydrolysis) is 1. The summed E-state index contributed by atoms with van der Waals surface area (Å²) in [6.45, 7) is 5.48. The number of aryl methyl sites for hydroxylation is 1. The molecule has 0 saturated carbocycles. The fourth-order valence-electron chi connectivity index (χ4n) is 2.83. The number of ether oxygens (including phenoxy) is 1. The number of anilines is 2. The largest absolute Gasteiger partial charge is 0.453 e. The van der Waals surface area contributed by atoms with Gasteiger partial charge in [-0.25, -0.2) is 13.2 Å². The summed E-state index contributed by atoms with van der Waals surface area (Å²) in [5.74, 6) is -0.345. The van der Waals surface area contributed by atoms with E-state index in [9.17, 15) is 18.0 Å². The Morgan fingerprint density at radius 1 is 1.06 bits per heavy atom. The van der Waals surface area contributed by atoms with Crippen LogP contribution in [-0.4, -0.2) is 33.6 Å². The van der Waals surface area contributed by atoms with Gasteiger partial charge in [-0.3, -0.25) is 9.52 Å². The van der Waals surface area contributed by atoms with E-state index in [-0.39, 0.29) is 16.5 Å². The van der Waals surface area contributed by atoms with Crippen LogP contribution in [-0.2, 0) is 19.6 Å². The number of hydrogen-bond acceptors (Lipinski definition) is 5. The van der Waals surface area contributed by atoms with Crippen LogP contribution in [0.5, 0.6) is 0 Å². The second-order valence-electron chi connectivity index (χ2n) is 7.40. The highest BCUT2D eigenvalue weighted by Crippen LogP contribution is 2.24. The molecular formula is C21H26ClN3O5S. The fraction of sp³-hybridized carbons (Fsp3) is 0.333. The third kappa shape index (κ3) is 7.15. The number of sulfonamides is 1. The van der Waals surface area contributed by atoms with Crippen molar-refractivity contribution < 1.29 is 22.7 Å². The molecule has 0 fully saturated rings. The third-order valence-corrected chi connectivity index (χ3v) is 6.12. The molecule has 8 nitrogen and oxygen atoms in total. The molecule has 10 heteroatoms. The summed E-state index contributed by atoms with van der Waals surface area (Å²) < 4.78 is 32.8. The molecule has 2 amide bonds. The second-order valence-corrected chi connectivity index (χ2v) is 9.49. The van der Waals surface area contributed by atoms with Gasteiger partial charge >= 0.3 is 6.09 Å². The van der Waals surface area contributed by atoms with Crippen LogP contribution in [0, 0.1) is 12.8 Å². The highest BCUT2D eigenvalue weighted by Gasteiger charge is 2.24. The summed E-state index contributed by atoms with van der Waals surface area (Å²) in [5, 5.41) is 5.65. The van der Waals surface area contributed by atoms with Crippen molar-refractivity contribution in [1.29, 1.82) is 0 Å². The second kappa shape index (κ2) is 10.5. The van der Waals surface area contributed by atoms with Crippen molar-refractivity contribution >= 4 is 45.0 Å². The van der Waals surface area contributed by atoms with Gasteiger partial charge in [0.05, 0.1) is 12.0 Å². The molecule has 0 spiro atoms. The van der Waals surface area contributed by atoms with E-state index < -0.39 is 28.1 Å². The van der Waals surface area contributed by atoms with Crippen LogP contribution in [0.4, 0.5) is 16.2 Å². The van der Waals surface area contributed by atoms with Crippen molar-refractivity contribution in [3.8, 4) is 0 Å². The molecule has 3 N–H and O–H groups in total. The fourth-order valence-corrected chi connectivity index (χ4v) is 4.29. The lowest BCUT2D eigenvalue weighted by molar-refractivity contribution is -0.118. The van der Waals surface area contributed by atoms with Crippen LogP contribution in [0.1, 0.15) is 25.8 Å². The summed E-state index contributed by atoms with van der Waals surface area (Å²) in [5.41, 5.74) is 1.15. The molecule has 0 bridgehead atoms. The van der Waals surface area contributed by atoms with Crippen molar-refractivity contribution in [3.63, 3.8) is 0 Å². The molecule has 2 aromatic carbocycles. The molecule has 31 heavy (non-hydrogen) atoms. The van der Waals surface area contributed by atoms with Crippen molar-refractivity contribution in [1.82, 2.24) is 5.32 Å². The predicted molar refractivity (Wildman–Crippen MR) is 121 cm³/mol. The van der Waals surface area contributed by atoms with Crippen LogP contribution in [0.25, 0.3) is 0 Å². The van der Waals surface area contributed by atoms with Crippen LogP contribution in [0.2, 0.25) is 5.02 Å². The molecule has 2 rings (SSSR count). The Morgan fingerprint density at radius 3 is 2.26 bits per heavy atom. The quantitative estimate of drug-likeness (QED) is 0.539. The zero-order valence-electron chi connectivity index (χ0n) is 17.7. The molecule has 0 heterocycles. The van der Waals surface area contributed by atoms with Gasteiger partial charge in [-0.1, -0.05) is 31.5 Å². The Bertz CT molecular complexity index is 1040. The van der Waals surface area contributed by atoms with Crippen molar-refractivity contribution in [3.05, 3.63) is 53.1 Å². The minimum atomic E-state index is -3.91. The third-order valence-electron chi connectivity index (χ3n) is 4.34. The molecule has 0 radical (unpaired) electrons. The first kappa shape index (κ1) is 24.5. The molecular weight excluding hydrogens is 442 g/mol. The minimum absolute atomic E-state index is 0.0154. The van der Waals surface area contributed by atoms with Gasteiger partial charge in [0, 0.05) is 16.4 Å². The number of methoxy groups -OCH3 is 1. The van der Waals surface area contributed by atoms with E-state index in [1.165, 1.54) is 13.2 Å². The zero-order valence-corrected chi connectivity index (χ0v) is 19.3. The van der Waals surface area contributed by atoms with Crippen LogP contribution < -0.4 is 15.4 Å². The van der Waals surface area contributed by atoms with E-state index in [1.54, 1.807) is 43.3 Å². The normalized spacial score (nSPS) is 12.2. The lowest BCUT2D eigenvalue weighted by Gasteiger charge is -2.20. The highest BCUT2D eigenvalue weighted by atomic mass is 35.5. The summed E-state index contributed by atoms with van der Waals surface area (Å²) in [4.78, 5) is 24.3. The van der Waals surface area contributed by atoms with Gasteiger partial charge in [0.15, 0.2) is 0 Å². The van der Waals surface area contributed by atoms with Crippen molar-refractivity contribution in [2.45, 2.75) is 38.1 Å². The number of halogens is 1. The van der Waals surface area contributed by atoms with Gasteiger partial charge in [0.2, 0.25) is 5.91 Å². The smallest absolute Gasteiger partial charge is 0.407 e. The highest BCUT2D eigenvalue weighted by molar-refractivity contribution is 7.92. The predicted octanol–water partition coefficient (Wildman–Crippen LogP) is 4.16. The van der Waals surface area contributed by atoms with Gasteiger partial charge in [-0.2, -0.15) is 0 Å². The van der Waals surface area contributed by atoms with Gasteiger partial charge in [0.25, 0.3) is 10.0 Å². The van der Waals surface area contributed by atoms with Gasteiger partial charge in [-0.15, -0.1) is 0 Å². The van der Waals surface area contributed by atoms with E-state index >= 15 is 0 Å². The number of carbonyl (C=O) groups excluding carboxylic acids is 2. The molecule has 1 unspecified atom stereocenters. The maximum atomic E-state index is 12.9. The minimum Gasteiger partial charge on any atom is -0.453 e. The van der Waals surface area contributed by atoms with E-state index in [0.29, 0.717) is 22.7 Å². The Balaban J connectivity index is 2.25. The monoisotopic (exact) mass is 467 g/mol. The lowest BCUT2D eigenvalue weighted by atomic mass is 10.0. The number of carbonyl (C=O) groups is 2. The zero-order chi connectivity index (χ0) is 23.2.